The Bertz CT molecular complexity index is 584. The average molecular weight is 305 g/mol. The summed E-state index contributed by atoms with van der Waals surface area (Å²) in [6, 6.07) is 9.26. The number of para-hydroxylation sites is 1. The Morgan fingerprint density at radius 1 is 1.24 bits per heavy atom. The summed E-state index contributed by atoms with van der Waals surface area (Å²) in [4.78, 5) is 12.1. The van der Waals surface area contributed by atoms with Gasteiger partial charge in [0.15, 0.2) is 6.10 Å². The molecule has 2 rings (SSSR count). The predicted octanol–water partition coefficient (Wildman–Crippen LogP) is 3.14. The van der Waals surface area contributed by atoms with Gasteiger partial charge < -0.3 is 4.74 Å². The topological polar surface area (TPSA) is 64.1 Å². The van der Waals surface area contributed by atoms with Crippen molar-refractivity contribution in [2.45, 2.75) is 33.3 Å². The summed E-state index contributed by atoms with van der Waals surface area (Å²) in [7, 11) is 0. The highest BCUT2D eigenvalue weighted by Crippen LogP contribution is 2.19. The lowest BCUT2D eigenvalue weighted by molar-refractivity contribution is -0.122. The van der Waals surface area contributed by atoms with Gasteiger partial charge in [0.25, 0.3) is 5.91 Å². The first kappa shape index (κ1) is 15.4. The van der Waals surface area contributed by atoms with Gasteiger partial charge in [0.2, 0.25) is 5.13 Å². The van der Waals surface area contributed by atoms with Gasteiger partial charge in [-0.25, -0.2) is 0 Å². The van der Waals surface area contributed by atoms with Crippen LogP contribution in [-0.4, -0.2) is 22.2 Å². The molecule has 0 radical (unpaired) electrons. The van der Waals surface area contributed by atoms with Crippen LogP contribution in [0.3, 0.4) is 0 Å². The monoisotopic (exact) mass is 305 g/mol. The van der Waals surface area contributed by atoms with E-state index >= 15 is 0 Å². The molecule has 0 aliphatic rings. The molecule has 5 nitrogen and oxygen atoms in total. The second-order valence-electron chi connectivity index (χ2n) is 5.16. The number of nitrogens with one attached hydrogen (secondary N) is 1. The van der Waals surface area contributed by atoms with E-state index in [1.807, 2.05) is 30.3 Å². The summed E-state index contributed by atoms with van der Waals surface area (Å²) in [6.45, 7) is 5.95. The van der Waals surface area contributed by atoms with E-state index in [9.17, 15) is 4.79 Å². The maximum absolute atomic E-state index is 12.1. The normalized spacial score (nSPS) is 12.2. The fourth-order valence-electron chi connectivity index (χ4n) is 1.70. The lowest BCUT2D eigenvalue weighted by Crippen LogP contribution is -2.30. The van der Waals surface area contributed by atoms with Crippen LogP contribution in [-0.2, 0) is 11.2 Å². The molecule has 0 saturated heterocycles. The van der Waals surface area contributed by atoms with Crippen LogP contribution in [0.15, 0.2) is 30.3 Å². The van der Waals surface area contributed by atoms with Crippen molar-refractivity contribution in [2.24, 2.45) is 5.92 Å². The van der Waals surface area contributed by atoms with Crippen molar-refractivity contribution in [1.29, 1.82) is 0 Å². The van der Waals surface area contributed by atoms with Gasteiger partial charge >= 0.3 is 0 Å². The zero-order chi connectivity index (χ0) is 15.2. The molecule has 1 aromatic carbocycles. The van der Waals surface area contributed by atoms with Crippen molar-refractivity contribution in [3.63, 3.8) is 0 Å². The molecule has 21 heavy (non-hydrogen) atoms. The van der Waals surface area contributed by atoms with Gasteiger partial charge in [0, 0.05) is 6.42 Å². The highest BCUT2D eigenvalue weighted by atomic mass is 32.1. The molecular weight excluding hydrogens is 286 g/mol. The van der Waals surface area contributed by atoms with Crippen molar-refractivity contribution >= 4 is 22.4 Å². The van der Waals surface area contributed by atoms with Crippen LogP contribution in [0.2, 0.25) is 0 Å². The number of ether oxygens (including phenoxy) is 1. The molecular formula is C15H19N3O2S. The van der Waals surface area contributed by atoms with Gasteiger partial charge in [-0.3, -0.25) is 10.1 Å². The molecule has 6 heteroatoms. The molecule has 112 valence electrons. The van der Waals surface area contributed by atoms with Crippen LogP contribution in [0, 0.1) is 5.92 Å². The fourth-order valence-corrected chi connectivity index (χ4v) is 2.65. The number of aromatic nitrogens is 2. The van der Waals surface area contributed by atoms with E-state index in [0.717, 1.165) is 11.4 Å². The molecule has 0 aliphatic carbocycles. The number of hydrogen-bond donors (Lipinski definition) is 1. The Kier molecular flexibility index (Phi) is 5.27. The van der Waals surface area contributed by atoms with Crippen LogP contribution in [0.1, 0.15) is 25.8 Å². The minimum absolute atomic E-state index is 0.230. The third kappa shape index (κ3) is 4.82. The van der Waals surface area contributed by atoms with E-state index in [0.29, 0.717) is 16.8 Å². The van der Waals surface area contributed by atoms with Gasteiger partial charge in [0.05, 0.1) is 0 Å². The van der Waals surface area contributed by atoms with E-state index in [-0.39, 0.29) is 5.91 Å². The molecule has 0 aliphatic heterocycles. The summed E-state index contributed by atoms with van der Waals surface area (Å²) in [5.74, 6) is 0.950. The number of carbonyl (C=O) groups excluding carboxylic acids is 1. The molecule has 1 aromatic heterocycles. The number of amides is 1. The summed E-state index contributed by atoms with van der Waals surface area (Å²) in [6.07, 6.45) is 0.272. The molecule has 0 fully saturated rings. The first-order valence-electron chi connectivity index (χ1n) is 6.89. The highest BCUT2D eigenvalue weighted by molar-refractivity contribution is 7.15. The summed E-state index contributed by atoms with van der Waals surface area (Å²) < 4.78 is 5.56. The summed E-state index contributed by atoms with van der Waals surface area (Å²) in [5.41, 5.74) is 0. The molecule has 2 aromatic rings. The number of nitrogens with zero attached hydrogens (tertiary/aromatic N) is 2. The summed E-state index contributed by atoms with van der Waals surface area (Å²) in [5, 5.41) is 12.2. The average Bonchev–Trinajstić information content (AvgIpc) is 2.86. The zero-order valence-electron chi connectivity index (χ0n) is 12.4. The van der Waals surface area contributed by atoms with Crippen LogP contribution >= 0.6 is 11.3 Å². The van der Waals surface area contributed by atoms with Crippen LogP contribution < -0.4 is 10.1 Å². The maximum Gasteiger partial charge on any atom is 0.266 e. The molecule has 1 N–H and O–H groups in total. The molecule has 1 amide bonds. The number of hydrogen-bond acceptors (Lipinski definition) is 5. The highest BCUT2D eigenvalue weighted by Gasteiger charge is 2.17. The van der Waals surface area contributed by atoms with E-state index in [1.165, 1.54) is 11.3 Å². The van der Waals surface area contributed by atoms with Crippen LogP contribution in [0.5, 0.6) is 5.75 Å². The van der Waals surface area contributed by atoms with Gasteiger partial charge in [-0.2, -0.15) is 0 Å². The molecule has 1 atom stereocenters. The number of carbonyl (C=O) groups is 1. The van der Waals surface area contributed by atoms with Crippen molar-refractivity contribution in [2.75, 3.05) is 5.32 Å². The smallest absolute Gasteiger partial charge is 0.266 e. The minimum Gasteiger partial charge on any atom is -0.481 e. The minimum atomic E-state index is -0.593. The summed E-state index contributed by atoms with van der Waals surface area (Å²) >= 11 is 1.40. The lowest BCUT2D eigenvalue weighted by atomic mass is 10.1. The van der Waals surface area contributed by atoms with Crippen LogP contribution in [0.25, 0.3) is 0 Å². The Labute approximate surface area is 128 Å². The maximum atomic E-state index is 12.1. The SMILES string of the molecule is CC(C)Cc1nnc(NC(=O)[C@@H](C)Oc2ccccc2)s1. The number of benzene rings is 1. The molecule has 0 spiro atoms. The third-order valence-electron chi connectivity index (χ3n) is 2.71. The second kappa shape index (κ2) is 7.17. The van der Waals surface area contributed by atoms with Crippen molar-refractivity contribution in [1.82, 2.24) is 10.2 Å². The van der Waals surface area contributed by atoms with Crippen molar-refractivity contribution < 1.29 is 9.53 Å². The van der Waals surface area contributed by atoms with Gasteiger partial charge in [0.1, 0.15) is 10.8 Å². The first-order valence-corrected chi connectivity index (χ1v) is 7.71. The van der Waals surface area contributed by atoms with E-state index in [1.54, 1.807) is 6.92 Å². The van der Waals surface area contributed by atoms with Gasteiger partial charge in [-0.05, 0) is 25.0 Å². The predicted molar refractivity (Wildman–Crippen MR) is 83.6 cm³/mol. The van der Waals surface area contributed by atoms with E-state index < -0.39 is 6.10 Å². The Morgan fingerprint density at radius 2 is 1.95 bits per heavy atom. The van der Waals surface area contributed by atoms with E-state index in [2.05, 4.69) is 29.4 Å². The Morgan fingerprint density at radius 3 is 2.62 bits per heavy atom. The van der Waals surface area contributed by atoms with Crippen molar-refractivity contribution in [3.05, 3.63) is 35.3 Å². The molecule has 0 unspecified atom stereocenters. The third-order valence-corrected chi connectivity index (χ3v) is 3.57. The first-order chi connectivity index (χ1) is 10.0. The second-order valence-corrected chi connectivity index (χ2v) is 6.22. The lowest BCUT2D eigenvalue weighted by Gasteiger charge is -2.13. The largest absolute Gasteiger partial charge is 0.481 e. The number of anilines is 1. The van der Waals surface area contributed by atoms with E-state index in [4.69, 9.17) is 4.74 Å². The fraction of sp³-hybridized carbons (Fsp3) is 0.400. The quantitative estimate of drug-likeness (QED) is 0.890. The molecule has 0 saturated carbocycles. The Balaban J connectivity index is 1.90. The van der Waals surface area contributed by atoms with Gasteiger partial charge in [-0.15, -0.1) is 10.2 Å². The van der Waals surface area contributed by atoms with Crippen molar-refractivity contribution in [3.8, 4) is 5.75 Å². The van der Waals surface area contributed by atoms with Crippen LogP contribution in [0.4, 0.5) is 5.13 Å². The Hall–Kier alpha value is -1.95. The van der Waals surface area contributed by atoms with Gasteiger partial charge in [-0.1, -0.05) is 43.4 Å². The molecule has 1 heterocycles. The standard InChI is InChI=1S/C15H19N3O2S/c1-10(2)9-13-17-18-15(21-13)16-14(19)11(3)20-12-7-5-4-6-8-12/h4-8,10-11H,9H2,1-3H3,(H,16,18,19)/t11-/m1/s1. The zero-order valence-corrected chi connectivity index (χ0v) is 13.2. The molecule has 0 bridgehead atoms. The number of rotatable bonds is 6.